The second kappa shape index (κ2) is 7.80. The van der Waals surface area contributed by atoms with E-state index in [1.165, 1.54) is 22.5 Å². The zero-order valence-corrected chi connectivity index (χ0v) is 15.6. The number of aromatic nitrogens is 4. The lowest BCUT2D eigenvalue weighted by Gasteiger charge is -2.32. The Morgan fingerprint density at radius 3 is 2.89 bits per heavy atom. The first-order chi connectivity index (χ1) is 12.9. The van der Waals surface area contributed by atoms with Gasteiger partial charge in [-0.05, 0) is 18.8 Å². The summed E-state index contributed by atoms with van der Waals surface area (Å²) in [7, 11) is 2.96. The van der Waals surface area contributed by atoms with E-state index in [0.717, 1.165) is 17.4 Å². The average molecular weight is 373 g/mol. The molecule has 0 radical (unpaired) electrons. The fraction of sp³-hybridized carbons (Fsp3) is 0.556. The highest BCUT2D eigenvalue weighted by molar-refractivity contribution is 5.79. The third-order valence-corrected chi connectivity index (χ3v) is 4.93. The van der Waals surface area contributed by atoms with E-state index < -0.39 is 11.2 Å². The normalized spacial score (nSPS) is 17.2. The molecule has 1 unspecified atom stereocenters. The fourth-order valence-corrected chi connectivity index (χ4v) is 3.47. The molecule has 9 nitrogen and oxygen atoms in total. The summed E-state index contributed by atoms with van der Waals surface area (Å²) in [6, 6.07) is 0. The van der Waals surface area contributed by atoms with Crippen molar-refractivity contribution in [3.63, 3.8) is 0 Å². The Hall–Kier alpha value is -2.86. The molecule has 0 bridgehead atoms. The molecule has 0 aromatic carbocycles. The van der Waals surface area contributed by atoms with Crippen LogP contribution in [0.25, 0.3) is 11.2 Å². The van der Waals surface area contributed by atoms with Gasteiger partial charge in [0.2, 0.25) is 5.91 Å². The molecule has 1 atom stereocenters. The van der Waals surface area contributed by atoms with Crippen LogP contribution in [0.1, 0.15) is 12.8 Å². The highest BCUT2D eigenvalue weighted by Crippen LogP contribution is 2.17. The molecule has 144 valence electrons. The summed E-state index contributed by atoms with van der Waals surface area (Å²) < 4.78 is 9.23. The molecular formula is C18H23N5O4. The minimum atomic E-state index is -0.461. The Bertz CT molecular complexity index is 1010. The number of hydrogen-bond acceptors (Lipinski definition) is 5. The van der Waals surface area contributed by atoms with Crippen LogP contribution in [0.5, 0.6) is 0 Å². The van der Waals surface area contributed by atoms with E-state index in [2.05, 4.69) is 10.9 Å². The molecule has 1 amide bonds. The first-order valence-corrected chi connectivity index (χ1v) is 8.84. The van der Waals surface area contributed by atoms with Crippen LogP contribution in [0.2, 0.25) is 0 Å². The van der Waals surface area contributed by atoms with Gasteiger partial charge in [-0.1, -0.05) is 5.92 Å². The Morgan fingerprint density at radius 2 is 2.15 bits per heavy atom. The quantitative estimate of drug-likeness (QED) is 0.512. The molecule has 0 spiro atoms. The van der Waals surface area contributed by atoms with Crippen LogP contribution in [0.3, 0.4) is 0 Å². The van der Waals surface area contributed by atoms with Crippen LogP contribution in [-0.2, 0) is 30.2 Å². The maximum atomic E-state index is 12.8. The molecule has 1 saturated heterocycles. The number of piperidine rings is 1. The molecular weight excluding hydrogens is 350 g/mol. The summed E-state index contributed by atoms with van der Waals surface area (Å²) in [5, 5.41) is 0. The maximum Gasteiger partial charge on any atom is 0.332 e. The standard InChI is InChI=1S/C18H23N5O4/c1-4-8-27-11-13-6-5-7-22(9-13)14(24)10-23-12-19-16-15(23)17(25)21(3)18(26)20(16)2/h1,12-13H,5-11H2,2-3H3. The van der Waals surface area contributed by atoms with Gasteiger partial charge in [-0.15, -0.1) is 6.42 Å². The SMILES string of the molecule is C#CCOCC1CCCN(C(=O)Cn2cnc3c2c(=O)n(C)c(=O)n3C)C1. The monoisotopic (exact) mass is 373 g/mol. The van der Waals surface area contributed by atoms with Crippen molar-refractivity contribution in [2.75, 3.05) is 26.3 Å². The summed E-state index contributed by atoms with van der Waals surface area (Å²) in [4.78, 5) is 43.2. The van der Waals surface area contributed by atoms with E-state index in [0.29, 0.717) is 19.7 Å². The third-order valence-electron chi connectivity index (χ3n) is 4.93. The molecule has 1 aliphatic heterocycles. The predicted molar refractivity (Wildman–Crippen MR) is 99.2 cm³/mol. The van der Waals surface area contributed by atoms with Gasteiger partial charge in [-0.3, -0.25) is 18.7 Å². The second-order valence-corrected chi connectivity index (χ2v) is 6.82. The van der Waals surface area contributed by atoms with Crippen molar-refractivity contribution >= 4 is 17.1 Å². The Labute approximate surface area is 156 Å². The number of hydrogen-bond donors (Lipinski definition) is 0. The Kier molecular flexibility index (Phi) is 5.46. The Balaban J connectivity index is 1.78. The first kappa shape index (κ1) is 18.9. The van der Waals surface area contributed by atoms with Crippen molar-refractivity contribution in [1.82, 2.24) is 23.6 Å². The minimum absolute atomic E-state index is 0.00186. The number of ether oxygens (including phenoxy) is 1. The van der Waals surface area contributed by atoms with Crippen molar-refractivity contribution in [3.05, 3.63) is 27.2 Å². The summed E-state index contributed by atoms with van der Waals surface area (Å²) in [5.41, 5.74) is -0.388. The molecule has 2 aromatic rings. The van der Waals surface area contributed by atoms with Gasteiger partial charge in [0, 0.05) is 27.2 Å². The summed E-state index contributed by atoms with van der Waals surface area (Å²) in [5.74, 6) is 2.60. The van der Waals surface area contributed by atoms with Crippen LogP contribution in [0.4, 0.5) is 0 Å². The lowest BCUT2D eigenvalue weighted by atomic mass is 9.99. The van der Waals surface area contributed by atoms with E-state index in [4.69, 9.17) is 11.2 Å². The summed E-state index contributed by atoms with van der Waals surface area (Å²) in [6.45, 7) is 2.08. The molecule has 1 aliphatic rings. The van der Waals surface area contributed by atoms with Crippen LogP contribution < -0.4 is 11.2 Å². The van der Waals surface area contributed by atoms with E-state index in [1.54, 1.807) is 11.9 Å². The van der Waals surface area contributed by atoms with Gasteiger partial charge in [0.25, 0.3) is 5.56 Å². The van der Waals surface area contributed by atoms with Crippen LogP contribution in [0.15, 0.2) is 15.9 Å². The zero-order chi connectivity index (χ0) is 19.6. The smallest absolute Gasteiger partial charge is 0.332 e. The number of likely N-dealkylation sites (tertiary alicyclic amines) is 1. The molecule has 0 aliphatic carbocycles. The number of carbonyl (C=O) groups is 1. The largest absolute Gasteiger partial charge is 0.368 e. The van der Waals surface area contributed by atoms with Gasteiger partial charge in [0.1, 0.15) is 13.2 Å². The molecule has 0 saturated carbocycles. The van der Waals surface area contributed by atoms with Crippen LogP contribution >= 0.6 is 0 Å². The molecule has 3 rings (SSSR count). The number of aryl methyl sites for hydroxylation is 1. The highest BCUT2D eigenvalue weighted by atomic mass is 16.5. The van der Waals surface area contributed by atoms with Gasteiger partial charge in [-0.2, -0.15) is 0 Å². The molecule has 9 heteroatoms. The highest BCUT2D eigenvalue weighted by Gasteiger charge is 2.25. The first-order valence-electron chi connectivity index (χ1n) is 8.84. The molecule has 27 heavy (non-hydrogen) atoms. The van der Waals surface area contributed by atoms with Crippen molar-refractivity contribution in [2.45, 2.75) is 19.4 Å². The van der Waals surface area contributed by atoms with Gasteiger partial charge < -0.3 is 14.2 Å². The third kappa shape index (κ3) is 3.66. The van der Waals surface area contributed by atoms with E-state index >= 15 is 0 Å². The maximum absolute atomic E-state index is 12.8. The number of imidazole rings is 1. The molecule has 0 N–H and O–H groups in total. The van der Waals surface area contributed by atoms with E-state index in [9.17, 15) is 14.4 Å². The number of carbonyl (C=O) groups excluding carboxylic acids is 1. The van der Waals surface area contributed by atoms with Crippen molar-refractivity contribution in [2.24, 2.45) is 20.0 Å². The Morgan fingerprint density at radius 1 is 1.37 bits per heavy atom. The summed E-state index contributed by atoms with van der Waals surface area (Å²) >= 11 is 0. The second-order valence-electron chi connectivity index (χ2n) is 6.82. The van der Waals surface area contributed by atoms with Crippen molar-refractivity contribution in [3.8, 4) is 12.3 Å². The molecule has 2 aromatic heterocycles. The van der Waals surface area contributed by atoms with E-state index in [-0.39, 0.29) is 36.1 Å². The molecule has 3 heterocycles. The number of rotatable bonds is 5. The summed E-state index contributed by atoms with van der Waals surface area (Å²) in [6.07, 6.45) is 8.51. The average Bonchev–Trinajstić information content (AvgIpc) is 3.09. The van der Waals surface area contributed by atoms with Gasteiger partial charge in [-0.25, -0.2) is 9.78 Å². The van der Waals surface area contributed by atoms with E-state index in [1.807, 2.05) is 0 Å². The minimum Gasteiger partial charge on any atom is -0.368 e. The topological polar surface area (TPSA) is 91.4 Å². The van der Waals surface area contributed by atoms with Crippen LogP contribution in [-0.4, -0.2) is 55.8 Å². The lowest BCUT2D eigenvalue weighted by Crippen LogP contribution is -2.43. The number of nitrogens with zero attached hydrogens (tertiary/aromatic N) is 5. The number of fused-ring (bicyclic) bond motifs is 1. The number of terminal acetylenes is 1. The van der Waals surface area contributed by atoms with Crippen molar-refractivity contribution in [1.29, 1.82) is 0 Å². The molecule has 1 fully saturated rings. The number of amides is 1. The fourth-order valence-electron chi connectivity index (χ4n) is 3.47. The van der Waals surface area contributed by atoms with Crippen LogP contribution in [0, 0.1) is 18.3 Å². The van der Waals surface area contributed by atoms with Gasteiger partial charge >= 0.3 is 5.69 Å². The van der Waals surface area contributed by atoms with Gasteiger partial charge in [0.15, 0.2) is 11.2 Å². The van der Waals surface area contributed by atoms with Gasteiger partial charge in [0.05, 0.1) is 12.9 Å². The predicted octanol–water partition coefficient (Wildman–Crippen LogP) is -0.678. The lowest BCUT2D eigenvalue weighted by molar-refractivity contribution is -0.134. The van der Waals surface area contributed by atoms with Crippen molar-refractivity contribution < 1.29 is 9.53 Å². The zero-order valence-electron chi connectivity index (χ0n) is 15.6.